The number of rotatable bonds is 16. The summed E-state index contributed by atoms with van der Waals surface area (Å²) in [5.41, 5.74) is 4.99. The number of nitrogens with two attached hydrogens (primary N) is 1. The lowest BCUT2D eigenvalue weighted by atomic mass is 10.2. The highest BCUT2D eigenvalue weighted by atomic mass is 31.2. The molecule has 4 unspecified atom stereocenters. The van der Waals surface area contributed by atoms with Gasteiger partial charge in [-0.3, -0.25) is 37.0 Å². The number of hydrogen-bond donors (Lipinski definition) is 8. The molecule has 2 aliphatic rings. The van der Waals surface area contributed by atoms with E-state index in [9.17, 15) is 38.5 Å². The molecule has 26 heteroatoms. The SMILES string of the molecule is CO[C@H]1CO[C@H](COP(=O)(O)OCC(COP(=O)(O)OC[C@H]2O[C@@H](n3cnc4c(=O)[nH]c(N)nc43)CC2O)OP(=O)(O)O)[C@H]1O. The predicted molar refractivity (Wildman–Crippen MR) is 144 cm³/mol. The minimum atomic E-state index is -5.28. The van der Waals surface area contributed by atoms with Crippen molar-refractivity contribution in [2.24, 2.45) is 0 Å². The fraction of sp³-hybridized carbons (Fsp3) is 0.737. The molecule has 2 saturated heterocycles. The first-order chi connectivity index (χ1) is 21.0. The van der Waals surface area contributed by atoms with Crippen LogP contribution in [-0.2, 0) is 50.5 Å². The fourth-order valence-electron chi connectivity index (χ4n) is 4.27. The van der Waals surface area contributed by atoms with Gasteiger partial charge in [0.25, 0.3) is 5.56 Å². The molecule has 4 heterocycles. The number of anilines is 1. The van der Waals surface area contributed by atoms with Gasteiger partial charge in [0.05, 0.1) is 45.5 Å². The van der Waals surface area contributed by atoms with E-state index in [1.54, 1.807) is 0 Å². The Balaban J connectivity index is 1.28. The van der Waals surface area contributed by atoms with E-state index in [1.807, 2.05) is 0 Å². The number of aliphatic hydroxyl groups excluding tert-OH is 2. The second-order valence-electron chi connectivity index (χ2n) is 9.68. The zero-order chi connectivity index (χ0) is 33.2. The predicted octanol–water partition coefficient (Wildman–Crippen LogP) is -2.13. The maximum atomic E-state index is 12.5. The molecule has 2 fully saturated rings. The van der Waals surface area contributed by atoms with Crippen LogP contribution in [0.25, 0.3) is 11.2 Å². The molecule has 0 aromatic carbocycles. The van der Waals surface area contributed by atoms with Gasteiger partial charge >= 0.3 is 23.5 Å². The van der Waals surface area contributed by atoms with Gasteiger partial charge in [-0.15, -0.1) is 0 Å². The molecular weight excluding hydrogens is 679 g/mol. The van der Waals surface area contributed by atoms with Gasteiger partial charge in [0.1, 0.15) is 36.7 Å². The molecule has 2 aromatic rings. The van der Waals surface area contributed by atoms with Gasteiger partial charge in [0, 0.05) is 13.5 Å². The number of nitrogen functional groups attached to an aromatic ring is 1. The van der Waals surface area contributed by atoms with Crippen molar-refractivity contribution in [3.63, 3.8) is 0 Å². The van der Waals surface area contributed by atoms with Crippen LogP contribution < -0.4 is 11.3 Å². The zero-order valence-electron chi connectivity index (χ0n) is 23.2. The third-order valence-corrected chi connectivity index (χ3v) is 8.92. The second-order valence-corrected chi connectivity index (χ2v) is 13.8. The number of nitrogens with zero attached hydrogens (tertiary/aromatic N) is 3. The lowest BCUT2D eigenvalue weighted by Gasteiger charge is -2.22. The van der Waals surface area contributed by atoms with Crippen LogP contribution in [-0.4, -0.2) is 126 Å². The van der Waals surface area contributed by atoms with Crippen molar-refractivity contribution in [2.75, 3.05) is 45.9 Å². The molecule has 0 radical (unpaired) electrons. The van der Waals surface area contributed by atoms with E-state index < -0.39 is 98.3 Å². The Morgan fingerprint density at radius 1 is 1.07 bits per heavy atom. The van der Waals surface area contributed by atoms with Crippen LogP contribution in [0.4, 0.5) is 5.95 Å². The maximum Gasteiger partial charge on any atom is 0.472 e. The van der Waals surface area contributed by atoms with Crippen molar-refractivity contribution in [3.8, 4) is 0 Å². The topological polar surface area (TPSA) is 336 Å². The number of aliphatic hydroxyl groups is 2. The number of H-pyrrole nitrogens is 1. The monoisotopic (exact) mass is 711 g/mol. The summed E-state index contributed by atoms with van der Waals surface area (Å²) in [6.07, 6.45) is -7.01. The molecule has 256 valence electrons. The summed E-state index contributed by atoms with van der Waals surface area (Å²) in [5.74, 6) is -0.189. The summed E-state index contributed by atoms with van der Waals surface area (Å²) in [6, 6.07) is 0. The zero-order valence-corrected chi connectivity index (χ0v) is 25.9. The maximum absolute atomic E-state index is 12.5. The van der Waals surface area contributed by atoms with Gasteiger partial charge in [-0.05, 0) is 0 Å². The molecule has 0 amide bonds. The standard InChI is InChI=1S/C19H32N5O18P3/c1-35-12-5-36-13(16(12)26)7-40-45(33,34)38-4-9(42-43(28,29)30)3-37-44(31,32)39-6-11-10(25)2-14(41-11)24-8-21-15-17(24)22-19(20)23-18(15)27/h8-14,16,25-26H,2-7H2,1H3,(H,31,32)(H,33,34)(H2,28,29,30)(H3,20,22,23,27)/t9?,10?,11-,12+,13-,14-,16+/m1/s1. The Morgan fingerprint density at radius 3 is 2.27 bits per heavy atom. The highest BCUT2D eigenvalue weighted by Gasteiger charge is 2.40. The van der Waals surface area contributed by atoms with Crippen LogP contribution >= 0.6 is 23.5 Å². The number of phosphoric ester groups is 3. The average Bonchev–Trinajstić information content (AvgIpc) is 3.63. The summed E-state index contributed by atoms with van der Waals surface area (Å²) in [4.78, 5) is 60.6. The smallest absolute Gasteiger partial charge is 0.390 e. The highest BCUT2D eigenvalue weighted by Crippen LogP contribution is 2.48. The lowest BCUT2D eigenvalue weighted by Crippen LogP contribution is -2.34. The first-order valence-electron chi connectivity index (χ1n) is 12.8. The largest absolute Gasteiger partial charge is 0.472 e. The van der Waals surface area contributed by atoms with Crippen molar-refractivity contribution in [1.29, 1.82) is 0 Å². The van der Waals surface area contributed by atoms with Crippen LogP contribution in [0, 0.1) is 0 Å². The molecule has 9 atom stereocenters. The van der Waals surface area contributed by atoms with Crippen LogP contribution in [0.3, 0.4) is 0 Å². The van der Waals surface area contributed by atoms with Crippen molar-refractivity contribution in [1.82, 2.24) is 19.5 Å². The molecule has 23 nitrogen and oxygen atoms in total. The van der Waals surface area contributed by atoms with Crippen LogP contribution in [0.2, 0.25) is 0 Å². The van der Waals surface area contributed by atoms with Crippen molar-refractivity contribution < 1.29 is 80.3 Å². The van der Waals surface area contributed by atoms with Gasteiger partial charge in [-0.1, -0.05) is 0 Å². The van der Waals surface area contributed by atoms with E-state index in [1.165, 1.54) is 18.0 Å². The van der Waals surface area contributed by atoms with E-state index in [0.717, 1.165) is 0 Å². The molecule has 0 saturated carbocycles. The van der Waals surface area contributed by atoms with Crippen LogP contribution in [0.5, 0.6) is 0 Å². The Hall–Kier alpha value is -1.72. The van der Waals surface area contributed by atoms with Crippen molar-refractivity contribution in [2.45, 2.75) is 49.3 Å². The normalized spacial score (nSPS) is 29.1. The van der Waals surface area contributed by atoms with Crippen LogP contribution in [0.1, 0.15) is 12.6 Å². The minimum absolute atomic E-state index is 0.00931. The quantitative estimate of drug-likeness (QED) is 0.0862. The number of aromatic amines is 1. The number of methoxy groups -OCH3 is 1. The van der Waals surface area contributed by atoms with Gasteiger partial charge < -0.3 is 49.7 Å². The fourth-order valence-corrected chi connectivity index (χ4v) is 6.31. The number of fused-ring (bicyclic) bond motifs is 1. The molecule has 45 heavy (non-hydrogen) atoms. The molecular formula is C19H32N5O18P3. The number of hydrogen-bond acceptors (Lipinski definition) is 17. The van der Waals surface area contributed by atoms with Gasteiger partial charge in [-0.2, -0.15) is 4.98 Å². The number of imidazole rings is 1. The van der Waals surface area contributed by atoms with E-state index >= 15 is 0 Å². The first-order valence-corrected chi connectivity index (χ1v) is 17.3. The molecule has 0 aliphatic carbocycles. The summed E-state index contributed by atoms with van der Waals surface area (Å²) >= 11 is 0. The molecule has 0 bridgehead atoms. The summed E-state index contributed by atoms with van der Waals surface area (Å²) < 4.78 is 76.6. The van der Waals surface area contributed by atoms with Gasteiger partial charge in [0.15, 0.2) is 11.2 Å². The van der Waals surface area contributed by atoms with E-state index in [2.05, 4.69) is 24.0 Å². The summed E-state index contributed by atoms with van der Waals surface area (Å²) in [6.45, 7) is -3.53. The lowest BCUT2D eigenvalue weighted by molar-refractivity contribution is -0.0459. The average molecular weight is 711 g/mol. The third-order valence-electron chi connectivity index (χ3n) is 6.44. The Bertz CT molecular complexity index is 1520. The van der Waals surface area contributed by atoms with Gasteiger partial charge in [0.2, 0.25) is 5.95 Å². The van der Waals surface area contributed by atoms with Crippen molar-refractivity contribution >= 4 is 40.6 Å². The Morgan fingerprint density at radius 2 is 1.69 bits per heavy atom. The van der Waals surface area contributed by atoms with E-state index in [4.69, 9.17) is 43.3 Å². The number of phosphoric acid groups is 3. The first kappa shape index (κ1) is 36.1. The number of ether oxygens (including phenoxy) is 3. The molecule has 2 aliphatic heterocycles. The molecule has 9 N–H and O–H groups in total. The molecule has 2 aromatic heterocycles. The highest BCUT2D eigenvalue weighted by molar-refractivity contribution is 7.47. The molecule has 4 rings (SSSR count). The second kappa shape index (κ2) is 14.6. The molecule has 0 spiro atoms. The minimum Gasteiger partial charge on any atom is -0.390 e. The van der Waals surface area contributed by atoms with Crippen LogP contribution in [0.15, 0.2) is 11.1 Å². The van der Waals surface area contributed by atoms with E-state index in [0.29, 0.717) is 0 Å². The number of nitrogens with one attached hydrogen (secondary N) is 1. The Labute approximate surface area is 252 Å². The van der Waals surface area contributed by atoms with Gasteiger partial charge in [-0.25, -0.2) is 18.7 Å². The number of aromatic nitrogens is 4. The Kier molecular flexibility index (Phi) is 11.7. The summed E-state index contributed by atoms with van der Waals surface area (Å²) in [7, 11) is -13.9. The van der Waals surface area contributed by atoms with Crippen molar-refractivity contribution in [3.05, 3.63) is 16.7 Å². The third kappa shape index (κ3) is 9.89. The van der Waals surface area contributed by atoms with E-state index in [-0.39, 0.29) is 30.1 Å². The summed E-state index contributed by atoms with van der Waals surface area (Å²) in [5, 5.41) is 20.4.